The Morgan fingerprint density at radius 3 is 2.78 bits per heavy atom. The summed E-state index contributed by atoms with van der Waals surface area (Å²) in [5, 5.41) is 28.7. The lowest BCUT2D eigenvalue weighted by atomic mass is 10.2. The Morgan fingerprint density at radius 1 is 1.26 bits per heavy atom. The van der Waals surface area contributed by atoms with Crippen molar-refractivity contribution < 1.29 is 19.6 Å². The van der Waals surface area contributed by atoms with E-state index in [1.165, 1.54) is 36.5 Å². The highest BCUT2D eigenvalue weighted by molar-refractivity contribution is 9.10. The van der Waals surface area contributed by atoms with Crippen molar-refractivity contribution in [2.45, 2.75) is 0 Å². The third kappa shape index (κ3) is 6.40. The fourth-order valence-electron chi connectivity index (χ4n) is 1.88. The number of nitro benzene ring substituents is 1. The molecular weight excluding hydrogens is 422 g/mol. The Balaban J connectivity index is 1.80. The largest absolute Gasteiger partial charge is 0.507 e. The van der Waals surface area contributed by atoms with Gasteiger partial charge in [-0.25, -0.2) is 10.2 Å². The molecule has 4 N–H and O–H groups in total. The number of anilines is 1. The Labute approximate surface area is 161 Å². The van der Waals surface area contributed by atoms with Crippen molar-refractivity contribution in [2.24, 2.45) is 5.10 Å². The van der Waals surface area contributed by atoms with Gasteiger partial charge in [0.15, 0.2) is 0 Å². The van der Waals surface area contributed by atoms with Crippen molar-refractivity contribution >= 4 is 45.5 Å². The second kappa shape index (κ2) is 9.29. The Kier molecular flexibility index (Phi) is 6.83. The van der Waals surface area contributed by atoms with Crippen LogP contribution < -0.4 is 16.1 Å². The Morgan fingerprint density at radius 2 is 2.04 bits per heavy atom. The normalized spacial score (nSPS) is 10.4. The van der Waals surface area contributed by atoms with Gasteiger partial charge in [-0.05, 0) is 24.3 Å². The summed E-state index contributed by atoms with van der Waals surface area (Å²) < 4.78 is 0.729. The van der Waals surface area contributed by atoms with Crippen LogP contribution in [-0.4, -0.2) is 34.7 Å². The van der Waals surface area contributed by atoms with Crippen LogP contribution in [0.3, 0.4) is 0 Å². The van der Waals surface area contributed by atoms with Crippen LogP contribution in [0, 0.1) is 10.1 Å². The number of rotatable bonds is 6. The summed E-state index contributed by atoms with van der Waals surface area (Å²) >= 11 is 3.25. The summed E-state index contributed by atoms with van der Waals surface area (Å²) in [6, 6.07) is 9.39. The Hall–Kier alpha value is -3.47. The van der Waals surface area contributed by atoms with E-state index in [1.807, 2.05) is 0 Å². The first-order valence-electron chi connectivity index (χ1n) is 7.45. The van der Waals surface area contributed by atoms with E-state index in [2.05, 4.69) is 37.1 Å². The summed E-state index contributed by atoms with van der Waals surface area (Å²) in [6.45, 7) is -0.372. The number of amides is 3. The van der Waals surface area contributed by atoms with Gasteiger partial charge in [0.1, 0.15) is 12.3 Å². The minimum atomic E-state index is -0.709. The first kappa shape index (κ1) is 19.8. The maximum absolute atomic E-state index is 11.7. The molecule has 0 spiro atoms. The molecule has 0 atom stereocenters. The van der Waals surface area contributed by atoms with E-state index < -0.39 is 16.9 Å². The van der Waals surface area contributed by atoms with Gasteiger partial charge in [0.2, 0.25) is 0 Å². The number of carbonyl (C=O) groups is 2. The second-order valence-electron chi connectivity index (χ2n) is 5.11. The van der Waals surface area contributed by atoms with Gasteiger partial charge in [0.25, 0.3) is 11.6 Å². The van der Waals surface area contributed by atoms with Crippen LogP contribution in [-0.2, 0) is 4.79 Å². The van der Waals surface area contributed by atoms with Crippen LogP contribution in [0.15, 0.2) is 52.0 Å². The molecule has 0 radical (unpaired) electrons. The van der Waals surface area contributed by atoms with Crippen LogP contribution in [0.5, 0.6) is 5.75 Å². The van der Waals surface area contributed by atoms with Gasteiger partial charge < -0.3 is 15.7 Å². The molecule has 2 rings (SSSR count). The van der Waals surface area contributed by atoms with Crippen LogP contribution in [0.1, 0.15) is 5.56 Å². The van der Waals surface area contributed by atoms with Crippen LogP contribution >= 0.6 is 15.9 Å². The molecule has 0 aliphatic heterocycles. The fourth-order valence-corrected chi connectivity index (χ4v) is 2.25. The number of urea groups is 1. The number of nitro groups is 1. The van der Waals surface area contributed by atoms with Gasteiger partial charge in [0, 0.05) is 27.9 Å². The minimum absolute atomic E-state index is 0.00865. The average molecular weight is 436 g/mol. The molecule has 2 aromatic carbocycles. The SMILES string of the molecule is O=C(CNC(=O)Nc1cccc([N+](=O)[O-])c1)NN=Cc1cc(Br)ccc1O. The predicted octanol–water partition coefficient (Wildman–Crippen LogP) is 2.33. The maximum Gasteiger partial charge on any atom is 0.319 e. The van der Waals surface area contributed by atoms with Gasteiger partial charge in [0.05, 0.1) is 11.1 Å². The molecule has 10 nitrogen and oxygen atoms in total. The lowest BCUT2D eigenvalue weighted by Gasteiger charge is -2.06. The molecule has 0 saturated heterocycles. The molecule has 140 valence electrons. The van der Waals surface area contributed by atoms with Crippen LogP contribution in [0.4, 0.5) is 16.2 Å². The van der Waals surface area contributed by atoms with Crippen molar-refractivity contribution in [1.82, 2.24) is 10.7 Å². The van der Waals surface area contributed by atoms with Gasteiger partial charge in [-0.1, -0.05) is 22.0 Å². The van der Waals surface area contributed by atoms with Crippen LogP contribution in [0.25, 0.3) is 0 Å². The zero-order valence-electron chi connectivity index (χ0n) is 13.7. The lowest BCUT2D eigenvalue weighted by molar-refractivity contribution is -0.384. The third-order valence-electron chi connectivity index (χ3n) is 3.11. The first-order chi connectivity index (χ1) is 12.8. The van der Waals surface area contributed by atoms with Gasteiger partial charge in [-0.15, -0.1) is 0 Å². The van der Waals surface area contributed by atoms with Crippen molar-refractivity contribution in [1.29, 1.82) is 0 Å². The molecule has 2 aromatic rings. The molecule has 3 amide bonds. The van der Waals surface area contributed by atoms with E-state index in [-0.39, 0.29) is 23.7 Å². The van der Waals surface area contributed by atoms with E-state index in [1.54, 1.807) is 12.1 Å². The molecule has 0 fully saturated rings. The number of hydrogen-bond donors (Lipinski definition) is 4. The quantitative estimate of drug-likeness (QED) is 0.312. The summed E-state index contributed by atoms with van der Waals surface area (Å²) in [5.41, 5.74) is 2.63. The molecule has 27 heavy (non-hydrogen) atoms. The molecule has 11 heteroatoms. The van der Waals surface area contributed by atoms with E-state index in [9.17, 15) is 24.8 Å². The van der Waals surface area contributed by atoms with Crippen molar-refractivity contribution in [3.8, 4) is 5.75 Å². The number of nitrogens with one attached hydrogen (secondary N) is 3. The summed E-state index contributed by atoms with van der Waals surface area (Å²) in [4.78, 5) is 33.5. The Bertz CT molecular complexity index is 903. The second-order valence-corrected chi connectivity index (χ2v) is 6.03. The van der Waals surface area contributed by atoms with Gasteiger partial charge in [-0.2, -0.15) is 5.10 Å². The highest BCUT2D eigenvalue weighted by atomic mass is 79.9. The molecule has 0 bridgehead atoms. The molecule has 0 unspecified atom stereocenters. The number of phenols is 1. The highest BCUT2D eigenvalue weighted by Crippen LogP contribution is 2.20. The molecular formula is C16H14BrN5O5. The van der Waals surface area contributed by atoms with E-state index in [0.29, 0.717) is 5.56 Å². The zero-order chi connectivity index (χ0) is 19.8. The van der Waals surface area contributed by atoms with E-state index in [4.69, 9.17) is 0 Å². The summed E-state index contributed by atoms with van der Waals surface area (Å²) in [6.07, 6.45) is 1.25. The number of non-ortho nitro benzene ring substituents is 1. The number of halogens is 1. The monoisotopic (exact) mass is 435 g/mol. The van der Waals surface area contributed by atoms with Gasteiger partial charge in [-0.3, -0.25) is 14.9 Å². The van der Waals surface area contributed by atoms with Crippen molar-refractivity contribution in [2.75, 3.05) is 11.9 Å². The number of nitrogens with zero attached hydrogens (tertiary/aromatic N) is 2. The average Bonchev–Trinajstić information content (AvgIpc) is 2.63. The lowest BCUT2D eigenvalue weighted by Crippen LogP contribution is -2.37. The third-order valence-corrected chi connectivity index (χ3v) is 3.60. The van der Waals surface area contributed by atoms with Crippen molar-refractivity contribution in [3.63, 3.8) is 0 Å². The van der Waals surface area contributed by atoms with E-state index in [0.717, 1.165) is 4.47 Å². The molecule has 0 heterocycles. The molecule has 0 aliphatic rings. The zero-order valence-corrected chi connectivity index (χ0v) is 15.3. The van der Waals surface area contributed by atoms with E-state index >= 15 is 0 Å². The number of hydrogen-bond acceptors (Lipinski definition) is 6. The molecule has 0 aliphatic carbocycles. The number of phenolic OH excluding ortho intramolecular Hbond substituents is 1. The first-order valence-corrected chi connectivity index (χ1v) is 8.24. The highest BCUT2D eigenvalue weighted by Gasteiger charge is 2.09. The molecule has 0 saturated carbocycles. The van der Waals surface area contributed by atoms with Gasteiger partial charge >= 0.3 is 6.03 Å². The topological polar surface area (TPSA) is 146 Å². The molecule has 0 aromatic heterocycles. The van der Waals surface area contributed by atoms with Crippen LogP contribution in [0.2, 0.25) is 0 Å². The minimum Gasteiger partial charge on any atom is -0.507 e. The summed E-state index contributed by atoms with van der Waals surface area (Å²) in [7, 11) is 0. The number of aromatic hydroxyl groups is 1. The number of hydrazone groups is 1. The smallest absolute Gasteiger partial charge is 0.319 e. The summed E-state index contributed by atoms with van der Waals surface area (Å²) in [5.74, 6) is -0.611. The number of benzene rings is 2. The standard InChI is InChI=1S/C16H14BrN5O5/c17-11-4-5-14(23)10(6-11)8-19-21-15(24)9-18-16(25)20-12-2-1-3-13(7-12)22(26)27/h1-8,23H,9H2,(H,21,24)(H2,18,20,25). The fraction of sp³-hybridized carbons (Fsp3) is 0.0625. The maximum atomic E-state index is 11.7. The predicted molar refractivity (Wildman–Crippen MR) is 102 cm³/mol. The van der Waals surface area contributed by atoms with Crippen molar-refractivity contribution in [3.05, 3.63) is 62.6 Å². The number of carbonyl (C=O) groups excluding carboxylic acids is 2.